The van der Waals surface area contributed by atoms with Gasteiger partial charge in [0.15, 0.2) is 0 Å². The lowest BCUT2D eigenvalue weighted by molar-refractivity contribution is 0.339. The van der Waals surface area contributed by atoms with E-state index >= 15 is 0 Å². The first-order valence-corrected chi connectivity index (χ1v) is 6.75. The van der Waals surface area contributed by atoms with Crippen LogP contribution in [-0.4, -0.2) is 17.6 Å². The highest BCUT2D eigenvalue weighted by atomic mass is 16.5. The van der Waals surface area contributed by atoms with Crippen molar-refractivity contribution in [1.82, 2.24) is 10.3 Å². The molecule has 0 aliphatic heterocycles. The number of nitrogens with zero attached hydrogens (tertiary/aromatic N) is 1. The molecule has 0 bridgehead atoms. The van der Waals surface area contributed by atoms with Crippen LogP contribution in [0.5, 0.6) is 5.75 Å². The number of aromatic nitrogens is 1. The molecular weight excluding hydrogens is 240 g/mol. The van der Waals surface area contributed by atoms with E-state index in [1.165, 1.54) is 12.8 Å². The fraction of sp³-hybridized carbons (Fsp3) is 0.400. The highest BCUT2D eigenvalue weighted by Gasteiger charge is 2.21. The first-order chi connectivity index (χ1) is 9.36. The van der Waals surface area contributed by atoms with E-state index < -0.39 is 0 Å². The summed E-state index contributed by atoms with van der Waals surface area (Å²) in [5.74, 6) is 1.75. The third-order valence-electron chi connectivity index (χ3n) is 3.21. The number of rotatable bonds is 6. The van der Waals surface area contributed by atoms with Crippen molar-refractivity contribution in [3.05, 3.63) is 36.5 Å². The van der Waals surface area contributed by atoms with Gasteiger partial charge in [-0.2, -0.15) is 0 Å². The summed E-state index contributed by atoms with van der Waals surface area (Å²) in [7, 11) is 0. The number of hydrogen-bond acceptors (Lipinski definition) is 4. The standard InChI is InChI=1S/C15H18N2O2/c1-2-18-13-7-11(8-16-9-13)14-5-6-19-15(14)10-17-12-3-4-12/h5-9,12,17H,2-4,10H2,1H3. The lowest BCUT2D eigenvalue weighted by Crippen LogP contribution is -2.15. The highest BCUT2D eigenvalue weighted by molar-refractivity contribution is 5.65. The van der Waals surface area contributed by atoms with Gasteiger partial charge in [-0.05, 0) is 31.9 Å². The molecule has 2 aromatic rings. The first-order valence-electron chi connectivity index (χ1n) is 6.75. The van der Waals surface area contributed by atoms with E-state index in [4.69, 9.17) is 9.15 Å². The Balaban J connectivity index is 1.80. The predicted octanol–water partition coefficient (Wildman–Crippen LogP) is 2.99. The summed E-state index contributed by atoms with van der Waals surface area (Å²) in [5.41, 5.74) is 2.12. The summed E-state index contributed by atoms with van der Waals surface area (Å²) >= 11 is 0. The van der Waals surface area contributed by atoms with Gasteiger partial charge in [0.1, 0.15) is 11.5 Å². The predicted molar refractivity (Wildman–Crippen MR) is 73.0 cm³/mol. The third kappa shape index (κ3) is 2.96. The van der Waals surface area contributed by atoms with Crippen LogP contribution in [0, 0.1) is 0 Å². The molecule has 0 atom stereocenters. The summed E-state index contributed by atoms with van der Waals surface area (Å²) in [5, 5.41) is 3.46. The van der Waals surface area contributed by atoms with Gasteiger partial charge >= 0.3 is 0 Å². The SMILES string of the molecule is CCOc1cncc(-c2ccoc2CNC2CC2)c1. The molecule has 1 saturated carbocycles. The second-order valence-corrected chi connectivity index (χ2v) is 4.75. The Bertz CT molecular complexity index is 547. The third-order valence-corrected chi connectivity index (χ3v) is 3.21. The Morgan fingerprint density at radius 3 is 3.11 bits per heavy atom. The molecule has 1 aliphatic carbocycles. The molecule has 2 heterocycles. The summed E-state index contributed by atoms with van der Waals surface area (Å²) < 4.78 is 11.0. The van der Waals surface area contributed by atoms with Crippen LogP contribution < -0.4 is 10.1 Å². The van der Waals surface area contributed by atoms with Gasteiger partial charge in [0, 0.05) is 23.4 Å². The quantitative estimate of drug-likeness (QED) is 0.865. The highest BCUT2D eigenvalue weighted by Crippen LogP contribution is 2.28. The fourth-order valence-corrected chi connectivity index (χ4v) is 2.07. The minimum Gasteiger partial charge on any atom is -0.492 e. The molecule has 1 aliphatic rings. The average Bonchev–Trinajstić information content (AvgIpc) is 3.14. The van der Waals surface area contributed by atoms with Crippen LogP contribution in [-0.2, 0) is 6.54 Å². The van der Waals surface area contributed by atoms with Gasteiger partial charge in [-0.15, -0.1) is 0 Å². The van der Waals surface area contributed by atoms with Gasteiger partial charge in [-0.1, -0.05) is 0 Å². The van der Waals surface area contributed by atoms with Crippen molar-refractivity contribution in [1.29, 1.82) is 0 Å². The van der Waals surface area contributed by atoms with Crippen LogP contribution in [0.4, 0.5) is 0 Å². The van der Waals surface area contributed by atoms with Crippen molar-refractivity contribution < 1.29 is 9.15 Å². The van der Waals surface area contributed by atoms with E-state index in [0.29, 0.717) is 12.6 Å². The van der Waals surface area contributed by atoms with Crippen molar-refractivity contribution in [2.24, 2.45) is 0 Å². The number of nitrogens with one attached hydrogen (secondary N) is 1. The maximum atomic E-state index is 5.57. The lowest BCUT2D eigenvalue weighted by Gasteiger charge is -2.06. The van der Waals surface area contributed by atoms with E-state index in [2.05, 4.69) is 10.3 Å². The normalized spacial score (nSPS) is 14.6. The summed E-state index contributed by atoms with van der Waals surface area (Å²) in [4.78, 5) is 4.22. The minimum atomic E-state index is 0.645. The molecule has 1 N–H and O–H groups in total. The van der Waals surface area contributed by atoms with Crippen LogP contribution in [0.2, 0.25) is 0 Å². The molecule has 19 heavy (non-hydrogen) atoms. The topological polar surface area (TPSA) is 47.3 Å². The Labute approximate surface area is 112 Å². The zero-order valence-electron chi connectivity index (χ0n) is 11.1. The van der Waals surface area contributed by atoms with Crippen LogP contribution in [0.25, 0.3) is 11.1 Å². The van der Waals surface area contributed by atoms with Crippen molar-refractivity contribution >= 4 is 0 Å². The van der Waals surface area contributed by atoms with Crippen molar-refractivity contribution in [3.8, 4) is 16.9 Å². The molecule has 1 fully saturated rings. The molecule has 0 amide bonds. The Morgan fingerprint density at radius 1 is 1.42 bits per heavy atom. The smallest absolute Gasteiger partial charge is 0.138 e. The molecule has 0 unspecified atom stereocenters. The van der Waals surface area contributed by atoms with Crippen molar-refractivity contribution in [3.63, 3.8) is 0 Å². The molecule has 4 heteroatoms. The molecule has 0 aromatic carbocycles. The van der Waals surface area contributed by atoms with Crippen LogP contribution in [0.1, 0.15) is 25.5 Å². The second-order valence-electron chi connectivity index (χ2n) is 4.75. The van der Waals surface area contributed by atoms with Crippen molar-refractivity contribution in [2.45, 2.75) is 32.4 Å². The van der Waals surface area contributed by atoms with Crippen LogP contribution in [0.15, 0.2) is 35.2 Å². The average molecular weight is 258 g/mol. The minimum absolute atomic E-state index is 0.645. The van der Waals surface area contributed by atoms with Gasteiger partial charge < -0.3 is 14.5 Å². The zero-order valence-corrected chi connectivity index (χ0v) is 11.1. The Hall–Kier alpha value is -1.81. The molecule has 0 saturated heterocycles. The summed E-state index contributed by atoms with van der Waals surface area (Å²) in [6, 6.07) is 4.66. The molecule has 0 radical (unpaired) electrons. The molecule has 100 valence electrons. The Kier molecular flexibility index (Phi) is 3.51. The molecular formula is C15H18N2O2. The maximum Gasteiger partial charge on any atom is 0.138 e. The molecule has 3 rings (SSSR count). The second kappa shape index (κ2) is 5.45. The van der Waals surface area contributed by atoms with Gasteiger partial charge in [0.05, 0.1) is 25.6 Å². The number of ether oxygens (including phenoxy) is 1. The molecule has 4 nitrogen and oxygen atoms in total. The van der Waals surface area contributed by atoms with Crippen molar-refractivity contribution in [2.75, 3.05) is 6.61 Å². The van der Waals surface area contributed by atoms with Gasteiger partial charge in [-0.25, -0.2) is 0 Å². The van der Waals surface area contributed by atoms with Gasteiger partial charge in [0.25, 0.3) is 0 Å². The van der Waals surface area contributed by atoms with E-state index in [-0.39, 0.29) is 0 Å². The fourth-order valence-electron chi connectivity index (χ4n) is 2.07. The largest absolute Gasteiger partial charge is 0.492 e. The van der Waals surface area contributed by atoms with Gasteiger partial charge in [0.2, 0.25) is 0 Å². The molecule has 2 aromatic heterocycles. The summed E-state index contributed by atoms with van der Waals surface area (Å²) in [6.07, 6.45) is 7.85. The van der Waals surface area contributed by atoms with Gasteiger partial charge in [-0.3, -0.25) is 4.98 Å². The van der Waals surface area contributed by atoms with E-state index in [1.54, 1.807) is 12.5 Å². The van der Waals surface area contributed by atoms with E-state index in [9.17, 15) is 0 Å². The maximum absolute atomic E-state index is 5.57. The first kappa shape index (κ1) is 12.2. The van der Waals surface area contributed by atoms with E-state index in [0.717, 1.165) is 29.2 Å². The summed E-state index contributed by atoms with van der Waals surface area (Å²) in [6.45, 7) is 3.38. The number of hydrogen-bond donors (Lipinski definition) is 1. The number of pyridine rings is 1. The monoisotopic (exact) mass is 258 g/mol. The lowest BCUT2D eigenvalue weighted by atomic mass is 10.1. The van der Waals surface area contributed by atoms with Crippen LogP contribution in [0.3, 0.4) is 0 Å². The van der Waals surface area contributed by atoms with Crippen LogP contribution >= 0.6 is 0 Å². The number of furan rings is 1. The van der Waals surface area contributed by atoms with E-state index in [1.807, 2.05) is 25.3 Å². The Morgan fingerprint density at radius 2 is 2.32 bits per heavy atom. The molecule has 0 spiro atoms. The zero-order chi connectivity index (χ0) is 13.1.